The van der Waals surface area contributed by atoms with E-state index in [0.29, 0.717) is 0 Å². The van der Waals surface area contributed by atoms with Crippen LogP contribution >= 0.6 is 0 Å². The molecule has 1 aromatic carbocycles. The number of piperidine rings is 1. The number of hydrogen-bond donors (Lipinski definition) is 0. The van der Waals surface area contributed by atoms with Crippen molar-refractivity contribution in [2.45, 2.75) is 18.4 Å². The van der Waals surface area contributed by atoms with Crippen LogP contribution in [0.4, 0.5) is 5.69 Å². The molecular weight excluding hydrogens is 340 g/mol. The Morgan fingerprint density at radius 3 is 2.15 bits per heavy atom. The molecule has 6 heteroatoms. The molecule has 27 heavy (non-hydrogen) atoms. The van der Waals surface area contributed by atoms with E-state index in [9.17, 15) is 4.79 Å². The topological polar surface area (TPSA) is 39.3 Å². The normalized spacial score (nSPS) is 20.9. The predicted molar refractivity (Wildman–Crippen MR) is 110 cm³/mol. The van der Waals surface area contributed by atoms with Crippen LogP contribution in [-0.4, -0.2) is 100 Å². The van der Waals surface area contributed by atoms with Crippen molar-refractivity contribution < 1.29 is 9.53 Å². The lowest BCUT2D eigenvalue weighted by atomic mass is 9.90. The molecule has 0 unspecified atom stereocenters. The first-order valence-electron chi connectivity index (χ1n) is 9.95. The first-order valence-corrected chi connectivity index (χ1v) is 9.95. The Labute approximate surface area is 163 Å². The Morgan fingerprint density at radius 2 is 1.63 bits per heavy atom. The number of likely N-dealkylation sites (N-methyl/N-ethyl adjacent to an activating group) is 2. The highest BCUT2D eigenvalue weighted by molar-refractivity contribution is 5.94. The lowest BCUT2D eigenvalue weighted by Crippen LogP contribution is -2.52. The molecule has 0 radical (unpaired) electrons. The van der Waals surface area contributed by atoms with Crippen LogP contribution in [0, 0.1) is 0 Å². The summed E-state index contributed by atoms with van der Waals surface area (Å²) in [6, 6.07) is 8.14. The van der Waals surface area contributed by atoms with Gasteiger partial charge in [-0.2, -0.15) is 0 Å². The SMILES string of the molecule is COC1(CN(C)C)CCN(C(=O)c2ccc(N3CCN(C)CC3)cc2)CC1. The van der Waals surface area contributed by atoms with E-state index < -0.39 is 0 Å². The Morgan fingerprint density at radius 1 is 1.04 bits per heavy atom. The summed E-state index contributed by atoms with van der Waals surface area (Å²) in [5, 5.41) is 0. The second-order valence-electron chi connectivity index (χ2n) is 8.25. The van der Waals surface area contributed by atoms with Gasteiger partial charge in [0.15, 0.2) is 0 Å². The number of piperazine rings is 1. The van der Waals surface area contributed by atoms with E-state index in [4.69, 9.17) is 4.74 Å². The van der Waals surface area contributed by atoms with Gasteiger partial charge in [-0.1, -0.05) is 0 Å². The number of anilines is 1. The monoisotopic (exact) mass is 374 g/mol. The third-order valence-electron chi connectivity index (χ3n) is 5.98. The van der Waals surface area contributed by atoms with E-state index in [2.05, 4.69) is 48.0 Å². The summed E-state index contributed by atoms with van der Waals surface area (Å²) in [6.45, 7) is 6.65. The number of hydrogen-bond acceptors (Lipinski definition) is 5. The Balaban J connectivity index is 1.58. The van der Waals surface area contributed by atoms with Crippen molar-refractivity contribution in [1.29, 1.82) is 0 Å². The van der Waals surface area contributed by atoms with Crippen molar-refractivity contribution in [3.05, 3.63) is 29.8 Å². The molecule has 0 spiro atoms. The van der Waals surface area contributed by atoms with E-state index in [1.807, 2.05) is 17.0 Å². The molecule has 2 saturated heterocycles. The Hall–Kier alpha value is -1.63. The van der Waals surface area contributed by atoms with E-state index in [-0.39, 0.29) is 11.5 Å². The van der Waals surface area contributed by atoms with Gasteiger partial charge in [-0.25, -0.2) is 0 Å². The Bertz CT molecular complexity index is 616. The number of rotatable bonds is 5. The first kappa shape index (κ1) is 20.1. The van der Waals surface area contributed by atoms with Crippen LogP contribution in [0.1, 0.15) is 23.2 Å². The molecule has 6 nitrogen and oxygen atoms in total. The minimum Gasteiger partial charge on any atom is -0.377 e. The molecule has 2 heterocycles. The zero-order valence-electron chi connectivity index (χ0n) is 17.3. The molecule has 1 aromatic rings. The van der Waals surface area contributed by atoms with Gasteiger partial charge in [0.1, 0.15) is 0 Å². The molecule has 2 fully saturated rings. The van der Waals surface area contributed by atoms with E-state index >= 15 is 0 Å². The molecule has 0 bridgehead atoms. The number of methoxy groups -OCH3 is 1. The number of amides is 1. The minimum atomic E-state index is -0.133. The Kier molecular flexibility index (Phi) is 6.40. The van der Waals surface area contributed by atoms with E-state index in [0.717, 1.165) is 64.2 Å². The van der Waals surface area contributed by atoms with Gasteiger partial charge in [-0.15, -0.1) is 0 Å². The summed E-state index contributed by atoms with van der Waals surface area (Å²) in [5.41, 5.74) is 1.86. The zero-order valence-corrected chi connectivity index (χ0v) is 17.3. The van der Waals surface area contributed by atoms with Crippen LogP contribution in [0.15, 0.2) is 24.3 Å². The number of carbonyl (C=O) groups excluding carboxylic acids is 1. The predicted octanol–water partition coefficient (Wildman–Crippen LogP) is 1.62. The van der Waals surface area contributed by atoms with Crippen molar-refractivity contribution in [3.8, 4) is 0 Å². The van der Waals surface area contributed by atoms with Gasteiger partial charge in [0.05, 0.1) is 5.60 Å². The highest BCUT2D eigenvalue weighted by atomic mass is 16.5. The quantitative estimate of drug-likeness (QED) is 0.783. The maximum Gasteiger partial charge on any atom is 0.253 e. The molecule has 2 aliphatic rings. The first-order chi connectivity index (χ1) is 12.9. The third kappa shape index (κ3) is 4.81. The zero-order chi connectivity index (χ0) is 19.4. The molecule has 0 atom stereocenters. The minimum absolute atomic E-state index is 0.133. The van der Waals surface area contributed by atoms with Crippen LogP contribution in [0.2, 0.25) is 0 Å². The fourth-order valence-electron chi connectivity index (χ4n) is 4.18. The van der Waals surface area contributed by atoms with Crippen LogP contribution in [0.3, 0.4) is 0 Å². The summed E-state index contributed by atoms with van der Waals surface area (Å²) in [5.74, 6) is 0.134. The van der Waals surface area contributed by atoms with Gasteiger partial charge in [0, 0.05) is 64.2 Å². The molecule has 2 aliphatic heterocycles. The summed E-state index contributed by atoms with van der Waals surface area (Å²) >= 11 is 0. The highest BCUT2D eigenvalue weighted by Gasteiger charge is 2.36. The van der Waals surface area contributed by atoms with Gasteiger partial charge in [0.2, 0.25) is 0 Å². The number of nitrogens with zero attached hydrogens (tertiary/aromatic N) is 4. The van der Waals surface area contributed by atoms with Crippen LogP contribution in [-0.2, 0) is 4.74 Å². The summed E-state index contributed by atoms with van der Waals surface area (Å²) in [4.78, 5) is 21.8. The largest absolute Gasteiger partial charge is 0.377 e. The van der Waals surface area contributed by atoms with Crippen LogP contribution < -0.4 is 4.90 Å². The third-order valence-corrected chi connectivity index (χ3v) is 5.98. The van der Waals surface area contributed by atoms with Crippen molar-refractivity contribution in [2.24, 2.45) is 0 Å². The van der Waals surface area contributed by atoms with Crippen molar-refractivity contribution in [1.82, 2.24) is 14.7 Å². The number of benzene rings is 1. The molecule has 3 rings (SSSR count). The van der Waals surface area contributed by atoms with Gasteiger partial charge in [0.25, 0.3) is 5.91 Å². The van der Waals surface area contributed by atoms with E-state index in [1.165, 1.54) is 5.69 Å². The molecule has 1 amide bonds. The van der Waals surface area contributed by atoms with Crippen LogP contribution in [0.5, 0.6) is 0 Å². The lowest BCUT2D eigenvalue weighted by Gasteiger charge is -2.42. The summed E-state index contributed by atoms with van der Waals surface area (Å²) < 4.78 is 5.83. The van der Waals surface area contributed by atoms with Crippen molar-refractivity contribution in [3.63, 3.8) is 0 Å². The number of likely N-dealkylation sites (tertiary alicyclic amines) is 1. The van der Waals surface area contributed by atoms with Gasteiger partial charge >= 0.3 is 0 Å². The molecule has 0 aromatic heterocycles. The van der Waals surface area contributed by atoms with E-state index in [1.54, 1.807) is 7.11 Å². The highest BCUT2D eigenvalue weighted by Crippen LogP contribution is 2.27. The number of carbonyl (C=O) groups is 1. The van der Waals surface area contributed by atoms with Crippen molar-refractivity contribution >= 4 is 11.6 Å². The average Bonchev–Trinajstić information content (AvgIpc) is 2.68. The molecule has 0 saturated carbocycles. The average molecular weight is 375 g/mol. The molecular formula is C21H34N4O2. The van der Waals surface area contributed by atoms with Gasteiger partial charge in [-0.05, 0) is 58.3 Å². The molecule has 0 aliphatic carbocycles. The molecule has 150 valence electrons. The maximum atomic E-state index is 12.9. The lowest BCUT2D eigenvalue weighted by molar-refractivity contribution is -0.0654. The second kappa shape index (κ2) is 8.59. The van der Waals surface area contributed by atoms with Gasteiger partial charge in [-0.3, -0.25) is 4.79 Å². The van der Waals surface area contributed by atoms with Crippen LogP contribution in [0.25, 0.3) is 0 Å². The smallest absolute Gasteiger partial charge is 0.253 e. The molecule has 0 N–H and O–H groups in total. The fourth-order valence-corrected chi connectivity index (χ4v) is 4.18. The number of ether oxygens (including phenoxy) is 1. The van der Waals surface area contributed by atoms with Crippen molar-refractivity contribution in [2.75, 3.05) is 79.0 Å². The summed E-state index contributed by atoms with van der Waals surface area (Å²) in [6.07, 6.45) is 1.76. The fraction of sp³-hybridized carbons (Fsp3) is 0.667. The maximum absolute atomic E-state index is 12.9. The standard InChI is InChI=1S/C21H34N4O2/c1-22(2)17-21(27-4)9-11-25(12-10-21)20(26)18-5-7-19(8-6-18)24-15-13-23(3)14-16-24/h5-8H,9-17H2,1-4H3. The second-order valence-corrected chi connectivity index (χ2v) is 8.25. The summed E-state index contributed by atoms with van der Waals surface area (Å²) in [7, 11) is 8.09. The van der Waals surface area contributed by atoms with Gasteiger partial charge < -0.3 is 24.3 Å².